The molecule has 1 aromatic rings. The van der Waals surface area contributed by atoms with E-state index in [-0.39, 0.29) is 5.56 Å². The van der Waals surface area contributed by atoms with Gasteiger partial charge in [0.15, 0.2) is 0 Å². The Hall–Kier alpha value is -2.04. The van der Waals surface area contributed by atoms with Crippen LogP contribution < -0.4 is 4.74 Å². The third-order valence-corrected chi connectivity index (χ3v) is 1.80. The Kier molecular flexibility index (Phi) is 4.15. The van der Waals surface area contributed by atoms with Gasteiger partial charge in [0.05, 0.1) is 12.2 Å². The van der Waals surface area contributed by atoms with Gasteiger partial charge in [0.1, 0.15) is 30.1 Å². The molecule has 0 fully saturated rings. The van der Waals surface area contributed by atoms with Crippen molar-refractivity contribution in [3.63, 3.8) is 0 Å². The van der Waals surface area contributed by atoms with E-state index in [1.54, 1.807) is 25.3 Å². The van der Waals surface area contributed by atoms with Crippen LogP contribution in [0.4, 0.5) is 0 Å². The first-order valence-corrected chi connectivity index (χ1v) is 4.38. The molecule has 0 aromatic heterocycles. The highest BCUT2D eigenvalue weighted by Gasteiger charge is 2.07. The van der Waals surface area contributed by atoms with Crippen LogP contribution >= 0.6 is 0 Å². The van der Waals surface area contributed by atoms with E-state index in [1.165, 1.54) is 0 Å². The number of hydrogen-bond acceptors (Lipinski definition) is 4. The summed E-state index contributed by atoms with van der Waals surface area (Å²) in [5, 5.41) is 17.6. The third kappa shape index (κ3) is 2.70. The minimum atomic E-state index is 0.274. The predicted octanol–water partition coefficient (Wildman–Crippen LogP) is 1.46. The molecular formula is C11H10N2O2. The molecule has 0 aliphatic rings. The van der Waals surface area contributed by atoms with Gasteiger partial charge in [-0.2, -0.15) is 10.5 Å². The highest BCUT2D eigenvalue weighted by atomic mass is 16.5. The first kappa shape index (κ1) is 11.0. The number of hydrogen-bond donors (Lipinski definition) is 0. The van der Waals surface area contributed by atoms with Gasteiger partial charge in [0, 0.05) is 7.11 Å². The second-order valence-electron chi connectivity index (χ2n) is 2.74. The highest BCUT2D eigenvalue weighted by molar-refractivity contribution is 5.53. The maximum absolute atomic E-state index is 8.87. The molecule has 0 spiro atoms. The van der Waals surface area contributed by atoms with Gasteiger partial charge < -0.3 is 9.47 Å². The maximum Gasteiger partial charge on any atom is 0.138 e. The quantitative estimate of drug-likeness (QED) is 0.693. The van der Waals surface area contributed by atoms with E-state index in [9.17, 15) is 0 Å². The molecule has 0 bridgehead atoms. The van der Waals surface area contributed by atoms with Gasteiger partial charge in [-0.1, -0.05) is 6.07 Å². The minimum Gasteiger partial charge on any atom is -0.490 e. The predicted molar refractivity (Wildman–Crippen MR) is 53.2 cm³/mol. The summed E-state index contributed by atoms with van der Waals surface area (Å²) < 4.78 is 10.1. The number of ether oxygens (including phenoxy) is 2. The third-order valence-electron chi connectivity index (χ3n) is 1.80. The molecule has 15 heavy (non-hydrogen) atoms. The van der Waals surface area contributed by atoms with E-state index in [2.05, 4.69) is 0 Å². The highest BCUT2D eigenvalue weighted by Crippen LogP contribution is 2.20. The van der Waals surface area contributed by atoms with Crippen molar-refractivity contribution in [1.82, 2.24) is 0 Å². The molecule has 0 unspecified atom stereocenters. The summed E-state index contributed by atoms with van der Waals surface area (Å²) in [4.78, 5) is 0. The smallest absolute Gasteiger partial charge is 0.138 e. The standard InChI is InChI=1S/C11H10N2O2/c1-14-5-6-15-11-4-2-3-9(7-12)10(11)8-13/h2-4H,5-6H2,1H3. The van der Waals surface area contributed by atoms with Gasteiger partial charge in [-0.25, -0.2) is 0 Å². The molecule has 0 aliphatic heterocycles. The molecule has 0 N–H and O–H groups in total. The lowest BCUT2D eigenvalue weighted by molar-refractivity contribution is 0.146. The van der Waals surface area contributed by atoms with Crippen molar-refractivity contribution in [2.24, 2.45) is 0 Å². The molecule has 0 saturated heterocycles. The number of nitrogens with zero attached hydrogens (tertiary/aromatic N) is 2. The number of nitriles is 2. The second kappa shape index (κ2) is 5.64. The SMILES string of the molecule is COCCOc1cccc(C#N)c1C#N. The fourth-order valence-corrected chi connectivity index (χ4v) is 1.09. The fraction of sp³-hybridized carbons (Fsp3) is 0.273. The van der Waals surface area contributed by atoms with Crippen molar-refractivity contribution in [2.45, 2.75) is 0 Å². The molecule has 76 valence electrons. The lowest BCUT2D eigenvalue weighted by atomic mass is 10.1. The van der Waals surface area contributed by atoms with E-state index in [0.29, 0.717) is 24.5 Å². The summed E-state index contributed by atoms with van der Waals surface area (Å²) in [6, 6.07) is 8.83. The van der Waals surface area contributed by atoms with Gasteiger partial charge in [-0.15, -0.1) is 0 Å². The summed E-state index contributed by atoms with van der Waals surface area (Å²) in [5.74, 6) is 0.425. The average Bonchev–Trinajstić information content (AvgIpc) is 2.29. The van der Waals surface area contributed by atoms with E-state index < -0.39 is 0 Å². The van der Waals surface area contributed by atoms with Crippen LogP contribution in [-0.2, 0) is 4.74 Å². The van der Waals surface area contributed by atoms with E-state index >= 15 is 0 Å². The Labute approximate surface area is 88.3 Å². The molecule has 1 aromatic carbocycles. The summed E-state index contributed by atoms with van der Waals surface area (Å²) >= 11 is 0. The van der Waals surface area contributed by atoms with E-state index in [0.717, 1.165) is 0 Å². The summed E-state index contributed by atoms with van der Waals surface area (Å²) in [6.07, 6.45) is 0. The number of methoxy groups -OCH3 is 1. The Morgan fingerprint density at radius 1 is 1.20 bits per heavy atom. The Morgan fingerprint density at radius 2 is 2.00 bits per heavy atom. The van der Waals surface area contributed by atoms with Gasteiger partial charge in [0.25, 0.3) is 0 Å². The van der Waals surface area contributed by atoms with Crippen LogP contribution in [0.3, 0.4) is 0 Å². The summed E-state index contributed by atoms with van der Waals surface area (Å²) in [6.45, 7) is 0.807. The van der Waals surface area contributed by atoms with Crippen LogP contribution in [0.1, 0.15) is 11.1 Å². The van der Waals surface area contributed by atoms with Crippen molar-refractivity contribution in [1.29, 1.82) is 10.5 Å². The van der Waals surface area contributed by atoms with Crippen molar-refractivity contribution >= 4 is 0 Å². The van der Waals surface area contributed by atoms with Gasteiger partial charge in [0.2, 0.25) is 0 Å². The lowest BCUT2D eigenvalue weighted by Crippen LogP contribution is -2.05. The van der Waals surface area contributed by atoms with Crippen LogP contribution in [0.2, 0.25) is 0 Å². The molecule has 0 radical (unpaired) electrons. The fourth-order valence-electron chi connectivity index (χ4n) is 1.09. The van der Waals surface area contributed by atoms with Crippen molar-refractivity contribution < 1.29 is 9.47 Å². The molecule has 4 nitrogen and oxygen atoms in total. The normalized spacial score (nSPS) is 9.00. The number of benzene rings is 1. The van der Waals surface area contributed by atoms with Crippen LogP contribution in [-0.4, -0.2) is 20.3 Å². The zero-order valence-electron chi connectivity index (χ0n) is 8.36. The van der Waals surface area contributed by atoms with Crippen LogP contribution in [0, 0.1) is 22.7 Å². The Morgan fingerprint density at radius 3 is 2.60 bits per heavy atom. The van der Waals surface area contributed by atoms with Crippen molar-refractivity contribution in [3.8, 4) is 17.9 Å². The van der Waals surface area contributed by atoms with Gasteiger partial charge >= 0.3 is 0 Å². The van der Waals surface area contributed by atoms with Gasteiger partial charge in [-0.05, 0) is 12.1 Å². The van der Waals surface area contributed by atoms with Crippen LogP contribution in [0.25, 0.3) is 0 Å². The monoisotopic (exact) mass is 202 g/mol. The Balaban J connectivity index is 2.89. The average molecular weight is 202 g/mol. The maximum atomic E-state index is 8.87. The van der Waals surface area contributed by atoms with E-state index in [1.807, 2.05) is 12.1 Å². The van der Waals surface area contributed by atoms with Crippen molar-refractivity contribution in [3.05, 3.63) is 29.3 Å². The van der Waals surface area contributed by atoms with Gasteiger partial charge in [-0.3, -0.25) is 0 Å². The summed E-state index contributed by atoms with van der Waals surface area (Å²) in [7, 11) is 1.57. The topological polar surface area (TPSA) is 66.0 Å². The molecule has 0 amide bonds. The zero-order chi connectivity index (χ0) is 11.1. The molecule has 1 rings (SSSR count). The molecular weight excluding hydrogens is 192 g/mol. The van der Waals surface area contributed by atoms with Crippen LogP contribution in [0.5, 0.6) is 5.75 Å². The first-order valence-electron chi connectivity index (χ1n) is 4.38. The first-order chi connectivity index (χ1) is 7.33. The molecule has 0 saturated carbocycles. The molecule has 0 atom stereocenters. The zero-order valence-corrected chi connectivity index (χ0v) is 8.36. The van der Waals surface area contributed by atoms with E-state index in [4.69, 9.17) is 20.0 Å². The molecule has 0 aliphatic carbocycles. The molecule has 0 heterocycles. The second-order valence-corrected chi connectivity index (χ2v) is 2.74. The minimum absolute atomic E-state index is 0.274. The largest absolute Gasteiger partial charge is 0.490 e. The van der Waals surface area contributed by atoms with Crippen LogP contribution in [0.15, 0.2) is 18.2 Å². The number of rotatable bonds is 4. The lowest BCUT2D eigenvalue weighted by Gasteiger charge is -2.07. The molecule has 4 heteroatoms. The summed E-state index contributed by atoms with van der Waals surface area (Å²) in [5.41, 5.74) is 0.600. The van der Waals surface area contributed by atoms with Crippen molar-refractivity contribution in [2.75, 3.05) is 20.3 Å². The Bertz CT molecular complexity index is 416.